The Bertz CT molecular complexity index is 1220. The van der Waals surface area contributed by atoms with Gasteiger partial charge in [-0.2, -0.15) is 5.21 Å². The number of benzene rings is 1. The van der Waals surface area contributed by atoms with Gasteiger partial charge in [0.2, 0.25) is 5.82 Å². The fourth-order valence-corrected chi connectivity index (χ4v) is 4.02. The van der Waals surface area contributed by atoms with Gasteiger partial charge in [0, 0.05) is 35.3 Å². The molecule has 0 saturated heterocycles. The molecule has 0 bridgehead atoms. The minimum Gasteiger partial charge on any atom is -0.296 e. The lowest BCUT2D eigenvalue weighted by Gasteiger charge is -2.10. The van der Waals surface area contributed by atoms with Gasteiger partial charge < -0.3 is 0 Å². The van der Waals surface area contributed by atoms with E-state index in [0.717, 1.165) is 53.8 Å². The number of rotatable bonds is 10. The second-order valence-electron chi connectivity index (χ2n) is 8.44. The van der Waals surface area contributed by atoms with E-state index in [9.17, 15) is 4.79 Å². The first-order chi connectivity index (χ1) is 16.1. The molecule has 0 aliphatic rings. The third-order valence-corrected chi connectivity index (χ3v) is 6.14. The van der Waals surface area contributed by atoms with Gasteiger partial charge in [0.15, 0.2) is 0 Å². The van der Waals surface area contributed by atoms with Crippen LogP contribution in [0.3, 0.4) is 0 Å². The van der Waals surface area contributed by atoms with Crippen LogP contribution in [0, 0.1) is 0 Å². The highest BCUT2D eigenvalue weighted by molar-refractivity contribution is 5.78. The van der Waals surface area contributed by atoms with E-state index in [1.165, 1.54) is 6.42 Å². The molecule has 0 saturated carbocycles. The quantitative estimate of drug-likeness (QED) is 0.359. The molecular formula is C25H31N7O. The van der Waals surface area contributed by atoms with Crippen LogP contribution in [0.1, 0.15) is 63.8 Å². The summed E-state index contributed by atoms with van der Waals surface area (Å²) in [6.45, 7) is 6.92. The lowest BCUT2D eigenvalue weighted by molar-refractivity contribution is 0.504. The van der Waals surface area contributed by atoms with Gasteiger partial charge in [0.05, 0.1) is 12.2 Å². The zero-order valence-electron chi connectivity index (χ0n) is 19.5. The Balaban J connectivity index is 1.61. The van der Waals surface area contributed by atoms with Gasteiger partial charge in [-0.25, -0.2) is 4.79 Å². The molecule has 1 atom stereocenters. The number of aryl methyl sites for hydroxylation is 1. The largest absolute Gasteiger partial charge is 0.328 e. The summed E-state index contributed by atoms with van der Waals surface area (Å²) in [6, 6.07) is 12.1. The zero-order valence-corrected chi connectivity index (χ0v) is 19.5. The van der Waals surface area contributed by atoms with Gasteiger partial charge in [-0.15, -0.1) is 10.2 Å². The minimum atomic E-state index is 0.0578. The van der Waals surface area contributed by atoms with E-state index in [1.807, 2.05) is 51.7 Å². The second kappa shape index (κ2) is 10.4. The molecule has 172 valence electrons. The molecule has 1 unspecified atom stereocenters. The normalized spacial score (nSPS) is 12.2. The maximum absolute atomic E-state index is 13.2. The van der Waals surface area contributed by atoms with Crippen LogP contribution in [0.25, 0.3) is 22.6 Å². The third kappa shape index (κ3) is 4.94. The molecule has 1 N–H and O–H groups in total. The predicted molar refractivity (Wildman–Crippen MR) is 129 cm³/mol. The number of tetrazole rings is 1. The monoisotopic (exact) mass is 445 g/mol. The molecule has 33 heavy (non-hydrogen) atoms. The average Bonchev–Trinajstić information content (AvgIpc) is 3.49. The van der Waals surface area contributed by atoms with Crippen LogP contribution in [0.4, 0.5) is 0 Å². The van der Waals surface area contributed by atoms with Gasteiger partial charge in [-0.3, -0.25) is 14.1 Å². The van der Waals surface area contributed by atoms with Crippen molar-refractivity contribution in [3.63, 3.8) is 0 Å². The van der Waals surface area contributed by atoms with Crippen molar-refractivity contribution in [2.24, 2.45) is 0 Å². The molecule has 0 spiro atoms. The Morgan fingerprint density at radius 2 is 1.88 bits per heavy atom. The number of imidazole rings is 1. The van der Waals surface area contributed by atoms with Gasteiger partial charge in [-0.1, -0.05) is 57.0 Å². The molecule has 3 aromatic heterocycles. The number of hydrogen-bond donors (Lipinski definition) is 1. The summed E-state index contributed by atoms with van der Waals surface area (Å²) >= 11 is 0. The zero-order chi connectivity index (χ0) is 23.2. The molecule has 4 rings (SSSR count). The first-order valence-electron chi connectivity index (χ1n) is 11.7. The average molecular weight is 446 g/mol. The van der Waals surface area contributed by atoms with Gasteiger partial charge in [-0.05, 0) is 43.0 Å². The van der Waals surface area contributed by atoms with E-state index in [1.54, 1.807) is 0 Å². The number of nitrogens with one attached hydrogen (secondary N) is 1. The molecule has 0 amide bonds. The van der Waals surface area contributed by atoms with Crippen molar-refractivity contribution in [1.29, 1.82) is 0 Å². The molecule has 0 aliphatic carbocycles. The van der Waals surface area contributed by atoms with Gasteiger partial charge in [0.1, 0.15) is 0 Å². The number of H-pyrrole nitrogens is 1. The summed E-state index contributed by atoms with van der Waals surface area (Å²) in [5, 5.41) is 14.4. The summed E-state index contributed by atoms with van der Waals surface area (Å²) in [7, 11) is 0. The number of aromatic amines is 1. The van der Waals surface area contributed by atoms with Gasteiger partial charge in [0.25, 0.3) is 0 Å². The Labute approximate surface area is 193 Å². The minimum absolute atomic E-state index is 0.0578. The van der Waals surface area contributed by atoms with Gasteiger partial charge >= 0.3 is 5.69 Å². The Morgan fingerprint density at radius 1 is 1.06 bits per heavy atom. The van der Waals surface area contributed by atoms with Crippen LogP contribution in [0.2, 0.25) is 0 Å². The predicted octanol–water partition coefficient (Wildman–Crippen LogP) is 4.64. The fourth-order valence-electron chi connectivity index (χ4n) is 4.02. The van der Waals surface area contributed by atoms with Crippen LogP contribution in [0.15, 0.2) is 53.6 Å². The summed E-state index contributed by atoms with van der Waals surface area (Å²) in [4.78, 5) is 17.9. The van der Waals surface area contributed by atoms with Crippen molar-refractivity contribution in [2.45, 2.75) is 65.5 Å². The molecule has 0 aliphatic heterocycles. The van der Waals surface area contributed by atoms with Crippen molar-refractivity contribution >= 4 is 0 Å². The van der Waals surface area contributed by atoms with Crippen LogP contribution in [-0.2, 0) is 13.0 Å². The third-order valence-electron chi connectivity index (χ3n) is 6.14. The van der Waals surface area contributed by atoms with Crippen LogP contribution in [0.5, 0.6) is 0 Å². The van der Waals surface area contributed by atoms with E-state index in [4.69, 9.17) is 4.98 Å². The van der Waals surface area contributed by atoms with Crippen LogP contribution in [-0.4, -0.2) is 34.7 Å². The number of pyridine rings is 1. The molecule has 8 nitrogen and oxygen atoms in total. The van der Waals surface area contributed by atoms with Crippen molar-refractivity contribution in [3.8, 4) is 22.6 Å². The highest BCUT2D eigenvalue weighted by Crippen LogP contribution is 2.28. The number of aromatic nitrogens is 7. The van der Waals surface area contributed by atoms with E-state index < -0.39 is 0 Å². The summed E-state index contributed by atoms with van der Waals surface area (Å²) in [5.74, 6) is 0.533. The highest BCUT2D eigenvalue weighted by Gasteiger charge is 2.16. The fraction of sp³-hybridized carbons (Fsp3) is 0.400. The molecule has 1 aromatic carbocycles. The number of hydrogen-bond acceptors (Lipinski definition) is 5. The van der Waals surface area contributed by atoms with Crippen molar-refractivity contribution in [1.82, 2.24) is 34.7 Å². The Kier molecular flexibility index (Phi) is 7.12. The summed E-state index contributed by atoms with van der Waals surface area (Å²) < 4.78 is 3.79. The second-order valence-corrected chi connectivity index (χ2v) is 8.44. The van der Waals surface area contributed by atoms with Crippen molar-refractivity contribution in [2.75, 3.05) is 0 Å². The first kappa shape index (κ1) is 22.6. The first-order valence-corrected chi connectivity index (χ1v) is 11.7. The smallest absolute Gasteiger partial charge is 0.296 e. The molecular weight excluding hydrogens is 414 g/mol. The van der Waals surface area contributed by atoms with Crippen LogP contribution >= 0.6 is 0 Å². The topological polar surface area (TPSA) is 94.3 Å². The summed E-state index contributed by atoms with van der Waals surface area (Å²) in [6.07, 6.45) is 9.15. The van der Waals surface area contributed by atoms with E-state index >= 15 is 0 Å². The number of unbranched alkanes of at least 4 members (excludes halogenated alkanes) is 2. The Hall–Kier alpha value is -3.55. The molecule has 3 heterocycles. The lowest BCUT2D eigenvalue weighted by Crippen LogP contribution is -2.27. The van der Waals surface area contributed by atoms with E-state index in [2.05, 4.69) is 47.6 Å². The molecule has 0 radical (unpaired) electrons. The molecule has 4 aromatic rings. The molecule has 0 fully saturated rings. The van der Waals surface area contributed by atoms with E-state index in [-0.39, 0.29) is 11.7 Å². The summed E-state index contributed by atoms with van der Waals surface area (Å²) in [5.41, 5.74) is 4.78. The number of nitrogens with zero attached hydrogens (tertiary/aromatic N) is 6. The Morgan fingerprint density at radius 3 is 2.55 bits per heavy atom. The highest BCUT2D eigenvalue weighted by atomic mass is 16.1. The lowest BCUT2D eigenvalue weighted by atomic mass is 10.0. The standard InChI is InChI=1S/C25H31N7O/c1-4-6-7-10-20-17-31(18(3)5-2)25(33)32(20)16-19-13-14-23(26-15-19)21-11-8-9-12-22(21)24-27-29-30-28-24/h8-9,11-15,17-18H,4-7,10,16H2,1-3H3,(H,27,28,29,30). The molecule has 8 heteroatoms. The van der Waals surface area contributed by atoms with Crippen molar-refractivity contribution in [3.05, 3.63) is 70.5 Å². The van der Waals surface area contributed by atoms with E-state index in [0.29, 0.717) is 12.4 Å². The van der Waals surface area contributed by atoms with Crippen LogP contribution < -0.4 is 5.69 Å². The van der Waals surface area contributed by atoms with Crippen molar-refractivity contribution < 1.29 is 0 Å². The SMILES string of the molecule is CCCCCc1cn(C(C)CC)c(=O)n1Cc1ccc(-c2ccccc2-c2nn[nH]n2)nc1. The maximum atomic E-state index is 13.2. The maximum Gasteiger partial charge on any atom is 0.328 e.